The molecule has 0 saturated carbocycles. The van der Waals surface area contributed by atoms with Crippen molar-refractivity contribution in [3.63, 3.8) is 0 Å². The van der Waals surface area contributed by atoms with Crippen molar-refractivity contribution in [2.45, 2.75) is 0 Å². The van der Waals surface area contributed by atoms with Crippen LogP contribution < -0.4 is 10.2 Å². The number of amides is 3. The van der Waals surface area contributed by atoms with E-state index in [-0.39, 0.29) is 22.4 Å². The largest absolute Gasteiger partial charge is 0.507 e. The van der Waals surface area contributed by atoms with E-state index >= 15 is 0 Å². The Labute approximate surface area is 177 Å². The maximum atomic E-state index is 12.9. The molecule has 0 radical (unpaired) electrons. The molecule has 2 N–H and O–H groups in total. The number of nitrogens with one attached hydrogen (secondary N) is 1. The molecule has 6 heteroatoms. The predicted octanol–water partition coefficient (Wildman–Crippen LogP) is 4.60. The average molecular weight is 408 g/mol. The van der Waals surface area contributed by atoms with Crippen molar-refractivity contribution >= 4 is 39.9 Å². The molecule has 0 unspecified atom stereocenters. The summed E-state index contributed by atoms with van der Waals surface area (Å²) in [7, 11) is 0. The first-order chi connectivity index (χ1) is 15.0. The molecule has 5 rings (SSSR count). The number of rotatable bonds is 3. The minimum atomic E-state index is -0.514. The molecule has 1 aliphatic rings. The number of fused-ring (bicyclic) bond motifs is 2. The topological polar surface area (TPSA) is 86.7 Å². The summed E-state index contributed by atoms with van der Waals surface area (Å²) in [5.41, 5.74) is 1.45. The summed E-state index contributed by atoms with van der Waals surface area (Å²) in [6, 6.07) is 23.8. The molecule has 4 aromatic carbocycles. The van der Waals surface area contributed by atoms with Crippen LogP contribution in [0.1, 0.15) is 31.1 Å². The number of para-hydroxylation sites is 1. The van der Waals surface area contributed by atoms with Gasteiger partial charge < -0.3 is 10.4 Å². The van der Waals surface area contributed by atoms with Crippen LogP contribution in [0, 0.1) is 0 Å². The number of carbonyl (C=O) groups excluding carboxylic acids is 3. The van der Waals surface area contributed by atoms with Crippen LogP contribution in [0.5, 0.6) is 5.75 Å². The highest BCUT2D eigenvalue weighted by molar-refractivity contribution is 6.34. The maximum absolute atomic E-state index is 12.9. The van der Waals surface area contributed by atoms with E-state index in [9.17, 15) is 19.5 Å². The second kappa shape index (κ2) is 7.11. The van der Waals surface area contributed by atoms with Gasteiger partial charge in [0.15, 0.2) is 0 Å². The number of phenolic OH excluding ortho intramolecular Hbond substituents is 1. The summed E-state index contributed by atoms with van der Waals surface area (Å²) in [5, 5.41) is 14.6. The van der Waals surface area contributed by atoms with Crippen LogP contribution in [0.4, 0.5) is 11.4 Å². The first-order valence-electron chi connectivity index (χ1n) is 9.64. The number of anilines is 2. The fraction of sp³-hybridized carbons (Fsp3) is 0. The third kappa shape index (κ3) is 3.11. The van der Waals surface area contributed by atoms with Gasteiger partial charge in [-0.3, -0.25) is 14.4 Å². The number of carbonyl (C=O) groups is 3. The van der Waals surface area contributed by atoms with Gasteiger partial charge in [-0.25, -0.2) is 4.90 Å². The summed E-state index contributed by atoms with van der Waals surface area (Å²) in [4.78, 5) is 39.5. The molecule has 0 bridgehead atoms. The highest BCUT2D eigenvalue weighted by Crippen LogP contribution is 2.31. The van der Waals surface area contributed by atoms with Gasteiger partial charge in [0.05, 0.1) is 22.4 Å². The lowest BCUT2D eigenvalue weighted by Gasteiger charge is -2.13. The molecule has 0 spiro atoms. The van der Waals surface area contributed by atoms with E-state index in [1.54, 1.807) is 42.5 Å². The smallest absolute Gasteiger partial charge is 0.266 e. The minimum Gasteiger partial charge on any atom is -0.507 e. The van der Waals surface area contributed by atoms with Gasteiger partial charge in [-0.05, 0) is 53.2 Å². The van der Waals surface area contributed by atoms with Gasteiger partial charge in [-0.1, -0.05) is 42.5 Å². The van der Waals surface area contributed by atoms with E-state index in [0.717, 1.165) is 15.7 Å². The number of hydrogen-bond acceptors (Lipinski definition) is 4. The lowest BCUT2D eigenvalue weighted by Crippen LogP contribution is -2.29. The summed E-state index contributed by atoms with van der Waals surface area (Å²) < 4.78 is 0. The quantitative estimate of drug-likeness (QED) is 0.485. The number of benzene rings is 4. The van der Waals surface area contributed by atoms with E-state index in [0.29, 0.717) is 11.4 Å². The molecule has 150 valence electrons. The summed E-state index contributed by atoms with van der Waals surface area (Å²) in [6.07, 6.45) is 0. The maximum Gasteiger partial charge on any atom is 0.266 e. The fourth-order valence-corrected chi connectivity index (χ4v) is 3.74. The van der Waals surface area contributed by atoms with Crippen LogP contribution >= 0.6 is 0 Å². The molecule has 0 atom stereocenters. The first kappa shape index (κ1) is 18.6. The summed E-state index contributed by atoms with van der Waals surface area (Å²) in [5.74, 6) is -1.51. The van der Waals surface area contributed by atoms with Crippen LogP contribution in [-0.2, 0) is 0 Å². The second-order valence-electron chi connectivity index (χ2n) is 7.21. The third-order valence-electron chi connectivity index (χ3n) is 5.27. The van der Waals surface area contributed by atoms with Crippen molar-refractivity contribution in [2.75, 3.05) is 10.2 Å². The molecule has 1 aliphatic heterocycles. The first-order valence-corrected chi connectivity index (χ1v) is 9.64. The predicted molar refractivity (Wildman–Crippen MR) is 118 cm³/mol. The summed E-state index contributed by atoms with van der Waals surface area (Å²) in [6.45, 7) is 0. The van der Waals surface area contributed by atoms with Crippen LogP contribution in [0.25, 0.3) is 10.8 Å². The SMILES string of the molecule is O=C(Nc1ccc2c(c1)C(=O)N(c1ccccc1)C2=O)c1cc2ccccc2cc1O. The van der Waals surface area contributed by atoms with Gasteiger partial charge in [0, 0.05) is 5.69 Å². The highest BCUT2D eigenvalue weighted by atomic mass is 16.3. The standard InChI is InChI=1S/C25H16N2O4/c28-22-13-16-7-5-4-6-15(16)12-21(22)23(29)26-17-10-11-19-20(14-17)25(31)27(24(19)30)18-8-2-1-3-9-18/h1-14,28H,(H,26,29). The number of imide groups is 1. The normalized spacial score (nSPS) is 12.8. The molecule has 1 heterocycles. The highest BCUT2D eigenvalue weighted by Gasteiger charge is 2.36. The number of hydrogen-bond donors (Lipinski definition) is 2. The third-order valence-corrected chi connectivity index (χ3v) is 5.27. The van der Waals surface area contributed by atoms with E-state index in [1.807, 2.05) is 24.3 Å². The van der Waals surface area contributed by atoms with Gasteiger partial charge in [-0.2, -0.15) is 0 Å². The average Bonchev–Trinajstić information content (AvgIpc) is 3.03. The zero-order valence-electron chi connectivity index (χ0n) is 16.2. The van der Waals surface area contributed by atoms with Crippen molar-refractivity contribution in [2.24, 2.45) is 0 Å². The van der Waals surface area contributed by atoms with Crippen molar-refractivity contribution in [1.29, 1.82) is 0 Å². The minimum absolute atomic E-state index is 0.118. The molecule has 31 heavy (non-hydrogen) atoms. The van der Waals surface area contributed by atoms with Crippen LogP contribution in [0.3, 0.4) is 0 Å². The second-order valence-corrected chi connectivity index (χ2v) is 7.21. The molecular weight excluding hydrogens is 392 g/mol. The molecule has 0 fully saturated rings. The Bertz CT molecular complexity index is 1380. The van der Waals surface area contributed by atoms with Crippen molar-refractivity contribution in [1.82, 2.24) is 0 Å². The Morgan fingerprint density at radius 1 is 0.742 bits per heavy atom. The lowest BCUT2D eigenvalue weighted by atomic mass is 10.0. The van der Waals surface area contributed by atoms with E-state index in [4.69, 9.17) is 0 Å². The van der Waals surface area contributed by atoms with Gasteiger partial charge in [0.25, 0.3) is 17.7 Å². The van der Waals surface area contributed by atoms with E-state index in [1.165, 1.54) is 18.2 Å². The Hall–Kier alpha value is -4.45. The van der Waals surface area contributed by atoms with Crippen molar-refractivity contribution in [3.05, 3.63) is 102 Å². The van der Waals surface area contributed by atoms with Crippen molar-refractivity contribution < 1.29 is 19.5 Å². The molecule has 3 amide bonds. The Morgan fingerprint density at radius 3 is 2.13 bits per heavy atom. The molecular formula is C25H16N2O4. The van der Waals surface area contributed by atoms with Gasteiger partial charge in [-0.15, -0.1) is 0 Å². The lowest BCUT2D eigenvalue weighted by molar-refractivity contribution is 0.0924. The Morgan fingerprint density at radius 2 is 1.39 bits per heavy atom. The molecule has 0 aliphatic carbocycles. The molecule has 6 nitrogen and oxygen atoms in total. The Kier molecular flexibility index (Phi) is 4.26. The van der Waals surface area contributed by atoms with Gasteiger partial charge in [0.2, 0.25) is 0 Å². The number of nitrogens with zero attached hydrogens (tertiary/aromatic N) is 1. The van der Waals surface area contributed by atoms with E-state index in [2.05, 4.69) is 5.32 Å². The number of aromatic hydroxyl groups is 1. The van der Waals surface area contributed by atoms with Gasteiger partial charge >= 0.3 is 0 Å². The van der Waals surface area contributed by atoms with Crippen LogP contribution in [0.2, 0.25) is 0 Å². The number of phenols is 1. The monoisotopic (exact) mass is 408 g/mol. The zero-order chi connectivity index (χ0) is 21.5. The van der Waals surface area contributed by atoms with Crippen LogP contribution in [-0.4, -0.2) is 22.8 Å². The molecule has 0 saturated heterocycles. The zero-order valence-corrected chi connectivity index (χ0v) is 16.2. The Balaban J connectivity index is 1.45. The van der Waals surface area contributed by atoms with Gasteiger partial charge in [0.1, 0.15) is 5.75 Å². The van der Waals surface area contributed by atoms with Crippen LogP contribution in [0.15, 0.2) is 84.9 Å². The summed E-state index contributed by atoms with van der Waals surface area (Å²) >= 11 is 0. The molecule has 4 aromatic rings. The van der Waals surface area contributed by atoms with Crippen molar-refractivity contribution in [3.8, 4) is 5.75 Å². The molecule has 0 aromatic heterocycles. The fourth-order valence-electron chi connectivity index (χ4n) is 3.74. The van der Waals surface area contributed by atoms with E-state index < -0.39 is 17.7 Å².